The lowest BCUT2D eigenvalue weighted by atomic mass is 9.62. The highest BCUT2D eigenvalue weighted by Gasteiger charge is 2.50. The monoisotopic (exact) mass is 181 g/mol. The molecule has 0 aromatic carbocycles. The number of carbonyl (C=O) groups is 1. The molecular formula is C9H15N3O. The van der Waals surface area contributed by atoms with Crippen LogP contribution in [0.4, 0.5) is 4.79 Å². The van der Waals surface area contributed by atoms with Crippen LogP contribution in [0.1, 0.15) is 32.6 Å². The number of hydrogen-bond donors (Lipinski definition) is 2. The maximum absolute atomic E-state index is 10.4. The summed E-state index contributed by atoms with van der Waals surface area (Å²) in [7, 11) is 0. The smallest absolute Gasteiger partial charge is 0.332 e. The van der Waals surface area contributed by atoms with Crippen molar-refractivity contribution in [2.75, 3.05) is 0 Å². The van der Waals surface area contributed by atoms with Crippen LogP contribution in [0.2, 0.25) is 0 Å². The van der Waals surface area contributed by atoms with Gasteiger partial charge in [0.1, 0.15) is 0 Å². The highest BCUT2D eigenvalue weighted by Crippen LogP contribution is 2.55. The standard InChI is InChI=1S/C9H15N3O/c1-9-4-2-3-6(9)7(5-9)11-12-8(10)13/h6H,2-5H2,1H3,(H3,10,12,13)/b11-7+. The third-order valence-electron chi connectivity index (χ3n) is 3.38. The summed E-state index contributed by atoms with van der Waals surface area (Å²) in [5.74, 6) is 0.597. The second kappa shape index (κ2) is 2.72. The van der Waals surface area contributed by atoms with Crippen LogP contribution in [0, 0.1) is 11.3 Å². The summed E-state index contributed by atoms with van der Waals surface area (Å²) >= 11 is 0. The van der Waals surface area contributed by atoms with Crippen LogP contribution in [0.25, 0.3) is 0 Å². The Morgan fingerprint density at radius 2 is 2.54 bits per heavy atom. The minimum Gasteiger partial charge on any atom is -0.350 e. The Balaban J connectivity index is 1.99. The van der Waals surface area contributed by atoms with E-state index in [2.05, 4.69) is 17.5 Å². The van der Waals surface area contributed by atoms with Crippen LogP contribution in [0.5, 0.6) is 0 Å². The largest absolute Gasteiger partial charge is 0.350 e. The summed E-state index contributed by atoms with van der Waals surface area (Å²) in [6.45, 7) is 2.30. The van der Waals surface area contributed by atoms with Gasteiger partial charge in [-0.25, -0.2) is 10.2 Å². The molecule has 0 bridgehead atoms. The predicted octanol–water partition coefficient (Wildman–Crippen LogP) is 1.22. The van der Waals surface area contributed by atoms with E-state index < -0.39 is 6.03 Å². The summed E-state index contributed by atoms with van der Waals surface area (Å²) < 4.78 is 0. The molecular weight excluding hydrogens is 166 g/mol. The summed E-state index contributed by atoms with van der Waals surface area (Å²) in [4.78, 5) is 10.4. The van der Waals surface area contributed by atoms with E-state index in [4.69, 9.17) is 5.73 Å². The number of fused-ring (bicyclic) bond motifs is 1. The Morgan fingerprint density at radius 3 is 3.15 bits per heavy atom. The molecule has 0 spiro atoms. The quantitative estimate of drug-likeness (QED) is 0.587. The van der Waals surface area contributed by atoms with Crippen molar-refractivity contribution in [3.63, 3.8) is 0 Å². The maximum Gasteiger partial charge on any atom is 0.332 e. The first-order chi connectivity index (χ1) is 6.12. The average Bonchev–Trinajstić information content (AvgIpc) is 2.31. The molecule has 2 atom stereocenters. The summed E-state index contributed by atoms with van der Waals surface area (Å²) in [5, 5.41) is 4.01. The Labute approximate surface area is 77.6 Å². The van der Waals surface area contributed by atoms with Crippen LogP contribution in [-0.4, -0.2) is 11.7 Å². The van der Waals surface area contributed by atoms with Crippen LogP contribution in [0.15, 0.2) is 5.10 Å². The second-order valence-corrected chi connectivity index (χ2v) is 4.35. The first-order valence-corrected chi connectivity index (χ1v) is 4.74. The first-order valence-electron chi connectivity index (χ1n) is 4.74. The lowest BCUT2D eigenvalue weighted by Crippen LogP contribution is -2.44. The van der Waals surface area contributed by atoms with Gasteiger partial charge < -0.3 is 5.73 Å². The fourth-order valence-corrected chi connectivity index (χ4v) is 2.66. The van der Waals surface area contributed by atoms with Crippen molar-refractivity contribution in [2.24, 2.45) is 22.2 Å². The zero-order valence-corrected chi connectivity index (χ0v) is 7.84. The lowest BCUT2D eigenvalue weighted by molar-refractivity contribution is 0.233. The van der Waals surface area contributed by atoms with Crippen molar-refractivity contribution >= 4 is 11.7 Å². The molecule has 2 fully saturated rings. The predicted molar refractivity (Wildman–Crippen MR) is 50.2 cm³/mol. The molecule has 0 aliphatic heterocycles. The fraction of sp³-hybridized carbons (Fsp3) is 0.778. The SMILES string of the molecule is CC12CCCC1/C(=N/NC(N)=O)C2. The van der Waals surface area contributed by atoms with E-state index >= 15 is 0 Å². The molecule has 0 radical (unpaired) electrons. The number of carbonyl (C=O) groups excluding carboxylic acids is 1. The van der Waals surface area contributed by atoms with E-state index in [1.807, 2.05) is 0 Å². The molecule has 0 aromatic heterocycles. The summed E-state index contributed by atoms with van der Waals surface area (Å²) in [6, 6.07) is -0.570. The number of nitrogens with zero attached hydrogens (tertiary/aromatic N) is 1. The lowest BCUT2D eigenvalue weighted by Gasteiger charge is -2.43. The van der Waals surface area contributed by atoms with E-state index in [1.54, 1.807) is 0 Å². The first kappa shape index (κ1) is 8.53. The molecule has 72 valence electrons. The average molecular weight is 181 g/mol. The van der Waals surface area contributed by atoms with Crippen molar-refractivity contribution < 1.29 is 4.79 Å². The zero-order valence-electron chi connectivity index (χ0n) is 7.84. The number of nitrogens with two attached hydrogens (primary N) is 1. The van der Waals surface area contributed by atoms with Crippen molar-refractivity contribution in [1.29, 1.82) is 0 Å². The zero-order chi connectivity index (χ0) is 9.47. The molecule has 0 heterocycles. The van der Waals surface area contributed by atoms with E-state index in [1.165, 1.54) is 19.3 Å². The normalized spacial score (nSPS) is 39.8. The highest BCUT2D eigenvalue weighted by atomic mass is 16.2. The van der Waals surface area contributed by atoms with Crippen molar-refractivity contribution in [3.8, 4) is 0 Å². The number of rotatable bonds is 1. The highest BCUT2D eigenvalue weighted by molar-refractivity contribution is 5.95. The number of hydrazone groups is 1. The molecule has 13 heavy (non-hydrogen) atoms. The van der Waals surface area contributed by atoms with E-state index in [0.717, 1.165) is 12.1 Å². The van der Waals surface area contributed by atoms with Crippen LogP contribution in [0.3, 0.4) is 0 Å². The Hall–Kier alpha value is -1.06. The molecule has 3 N–H and O–H groups in total. The summed E-state index contributed by atoms with van der Waals surface area (Å²) in [6.07, 6.45) is 4.83. The Bertz CT molecular complexity index is 274. The second-order valence-electron chi connectivity index (χ2n) is 4.35. The van der Waals surface area contributed by atoms with Crippen molar-refractivity contribution in [3.05, 3.63) is 0 Å². The van der Waals surface area contributed by atoms with Crippen molar-refractivity contribution in [2.45, 2.75) is 32.6 Å². The number of hydrogen-bond acceptors (Lipinski definition) is 2. The van der Waals surface area contributed by atoms with Gasteiger partial charge in [-0.3, -0.25) is 0 Å². The van der Waals surface area contributed by atoms with Gasteiger partial charge >= 0.3 is 6.03 Å². The van der Waals surface area contributed by atoms with Gasteiger partial charge in [0.25, 0.3) is 0 Å². The molecule has 4 heteroatoms. The Kier molecular flexibility index (Phi) is 1.78. The van der Waals surface area contributed by atoms with Crippen LogP contribution >= 0.6 is 0 Å². The molecule has 2 aliphatic rings. The molecule has 0 aromatic rings. The number of primary amides is 1. The minimum atomic E-state index is -0.570. The summed E-state index contributed by atoms with van der Waals surface area (Å²) in [5.41, 5.74) is 8.83. The van der Waals surface area contributed by atoms with Gasteiger partial charge in [0.05, 0.1) is 0 Å². The molecule has 2 aliphatic carbocycles. The van der Waals surface area contributed by atoms with Gasteiger partial charge in [-0.1, -0.05) is 13.3 Å². The number of urea groups is 1. The third-order valence-corrected chi connectivity index (χ3v) is 3.38. The molecule has 2 unspecified atom stereocenters. The van der Waals surface area contributed by atoms with Gasteiger partial charge in [-0.05, 0) is 24.7 Å². The third kappa shape index (κ3) is 1.30. The number of amides is 2. The Morgan fingerprint density at radius 1 is 1.77 bits per heavy atom. The van der Waals surface area contributed by atoms with Crippen molar-refractivity contribution in [1.82, 2.24) is 5.43 Å². The maximum atomic E-state index is 10.4. The number of nitrogens with one attached hydrogen (secondary N) is 1. The fourth-order valence-electron chi connectivity index (χ4n) is 2.66. The van der Waals surface area contributed by atoms with E-state index in [9.17, 15) is 4.79 Å². The molecule has 2 saturated carbocycles. The minimum absolute atomic E-state index is 0.470. The molecule has 2 rings (SSSR count). The van der Waals surface area contributed by atoms with Crippen LogP contribution in [-0.2, 0) is 0 Å². The van der Waals surface area contributed by atoms with E-state index in [0.29, 0.717) is 11.3 Å². The molecule has 2 amide bonds. The molecule has 0 saturated heterocycles. The van der Waals surface area contributed by atoms with Gasteiger partial charge in [-0.15, -0.1) is 0 Å². The molecule has 4 nitrogen and oxygen atoms in total. The van der Waals surface area contributed by atoms with E-state index in [-0.39, 0.29) is 0 Å². The van der Waals surface area contributed by atoms with Gasteiger partial charge in [0, 0.05) is 11.6 Å². The van der Waals surface area contributed by atoms with Gasteiger partial charge in [0.2, 0.25) is 0 Å². The van der Waals surface area contributed by atoms with Crippen LogP contribution < -0.4 is 11.2 Å². The van der Waals surface area contributed by atoms with Gasteiger partial charge in [-0.2, -0.15) is 5.10 Å². The topological polar surface area (TPSA) is 67.5 Å². The van der Waals surface area contributed by atoms with Gasteiger partial charge in [0.15, 0.2) is 0 Å².